The van der Waals surface area contributed by atoms with Gasteiger partial charge < -0.3 is 20.0 Å². The van der Waals surface area contributed by atoms with Crippen LogP contribution in [0, 0.1) is 17.0 Å². The molecule has 0 unspecified atom stereocenters. The van der Waals surface area contributed by atoms with Crippen molar-refractivity contribution in [3.63, 3.8) is 0 Å². The van der Waals surface area contributed by atoms with E-state index >= 15 is 0 Å². The molecule has 0 bridgehead atoms. The summed E-state index contributed by atoms with van der Waals surface area (Å²) >= 11 is 0. The molecule has 2 heterocycles. The molecule has 0 aliphatic carbocycles. The number of nitro groups is 1. The second kappa shape index (κ2) is 5.21. The van der Waals surface area contributed by atoms with Gasteiger partial charge in [-0.2, -0.15) is 4.98 Å². The number of hydrogen-bond donors (Lipinski definition) is 1. The van der Waals surface area contributed by atoms with Crippen LogP contribution in [0.25, 0.3) is 0 Å². The molecule has 18 heavy (non-hydrogen) atoms. The highest BCUT2D eigenvalue weighted by Crippen LogP contribution is 2.11. The van der Waals surface area contributed by atoms with E-state index in [1.165, 1.54) is 12.3 Å². The third-order valence-electron chi connectivity index (χ3n) is 2.17. The largest absolute Gasteiger partial charge is 0.381 e. The zero-order valence-corrected chi connectivity index (χ0v) is 9.66. The summed E-state index contributed by atoms with van der Waals surface area (Å²) in [6.07, 6.45) is 2.00. The molecule has 0 radical (unpaired) electrons. The van der Waals surface area contributed by atoms with Crippen LogP contribution in [0.2, 0.25) is 0 Å². The molecular weight excluding hydrogens is 238 g/mol. The molecule has 2 rings (SSSR count). The molecule has 8 heteroatoms. The Hall–Kier alpha value is -2.51. The van der Waals surface area contributed by atoms with Crippen LogP contribution in [-0.4, -0.2) is 26.6 Å². The van der Waals surface area contributed by atoms with E-state index < -0.39 is 4.92 Å². The second-order valence-corrected chi connectivity index (χ2v) is 3.57. The van der Waals surface area contributed by atoms with Gasteiger partial charge in [0.05, 0.1) is 5.69 Å². The van der Waals surface area contributed by atoms with Crippen molar-refractivity contribution in [3.05, 3.63) is 40.2 Å². The molecule has 0 fully saturated rings. The van der Waals surface area contributed by atoms with E-state index in [1.807, 2.05) is 0 Å². The Balaban J connectivity index is 1.85. The lowest BCUT2D eigenvalue weighted by Crippen LogP contribution is -2.05. The summed E-state index contributed by atoms with van der Waals surface area (Å²) in [7, 11) is 0. The van der Waals surface area contributed by atoms with E-state index in [-0.39, 0.29) is 5.82 Å². The maximum atomic E-state index is 10.4. The van der Waals surface area contributed by atoms with Crippen molar-refractivity contribution in [3.8, 4) is 0 Å². The molecule has 0 saturated carbocycles. The fourth-order valence-electron chi connectivity index (χ4n) is 1.35. The van der Waals surface area contributed by atoms with Crippen LogP contribution >= 0.6 is 0 Å². The molecule has 2 aromatic heterocycles. The minimum Gasteiger partial charge on any atom is -0.381 e. The molecule has 0 aliphatic heterocycles. The van der Waals surface area contributed by atoms with Crippen molar-refractivity contribution < 1.29 is 9.45 Å². The summed E-state index contributed by atoms with van der Waals surface area (Å²) in [5, 5.41) is 17.1. The first kappa shape index (κ1) is 12.0. The van der Waals surface area contributed by atoms with Gasteiger partial charge in [-0.1, -0.05) is 5.16 Å². The van der Waals surface area contributed by atoms with E-state index in [1.54, 1.807) is 13.0 Å². The van der Waals surface area contributed by atoms with Crippen molar-refractivity contribution in [1.29, 1.82) is 0 Å². The zero-order valence-electron chi connectivity index (χ0n) is 9.66. The number of aromatic nitrogens is 3. The summed E-state index contributed by atoms with van der Waals surface area (Å²) in [4.78, 5) is 17.6. The van der Waals surface area contributed by atoms with Crippen molar-refractivity contribution in [2.24, 2.45) is 0 Å². The number of hydrogen-bond acceptors (Lipinski definition) is 7. The van der Waals surface area contributed by atoms with Crippen molar-refractivity contribution in [2.45, 2.75) is 13.3 Å². The van der Waals surface area contributed by atoms with Gasteiger partial charge in [0.25, 0.3) is 0 Å². The number of rotatable bonds is 5. The van der Waals surface area contributed by atoms with Gasteiger partial charge in [-0.05, 0) is 22.9 Å². The highest BCUT2D eigenvalue weighted by atomic mass is 16.6. The molecule has 8 nitrogen and oxygen atoms in total. The number of aryl methyl sites for hydroxylation is 1. The van der Waals surface area contributed by atoms with Crippen LogP contribution in [0.1, 0.15) is 11.7 Å². The summed E-state index contributed by atoms with van der Waals surface area (Å²) in [6, 6.07) is 2.95. The zero-order chi connectivity index (χ0) is 13.0. The first-order valence-electron chi connectivity index (χ1n) is 5.28. The van der Waals surface area contributed by atoms with E-state index in [0.717, 1.165) is 0 Å². The van der Waals surface area contributed by atoms with Crippen LogP contribution < -0.4 is 5.32 Å². The molecular formula is C10H11N5O3. The van der Waals surface area contributed by atoms with Crippen LogP contribution in [0.4, 0.5) is 11.5 Å². The Kier molecular flexibility index (Phi) is 3.46. The first-order chi connectivity index (χ1) is 8.65. The summed E-state index contributed by atoms with van der Waals surface area (Å²) in [5.41, 5.74) is 0.705. The molecule has 1 N–H and O–H groups in total. The molecule has 0 amide bonds. The third-order valence-corrected chi connectivity index (χ3v) is 2.17. The first-order valence-corrected chi connectivity index (χ1v) is 5.28. The summed E-state index contributed by atoms with van der Waals surface area (Å²) in [6.45, 7) is 2.34. The molecule has 0 aliphatic rings. The number of anilines is 1. The highest BCUT2D eigenvalue weighted by Gasteiger charge is 2.06. The molecule has 94 valence electrons. The van der Waals surface area contributed by atoms with Gasteiger partial charge in [0.15, 0.2) is 12.0 Å². The summed E-state index contributed by atoms with van der Waals surface area (Å²) < 4.78 is 4.95. The van der Waals surface area contributed by atoms with Gasteiger partial charge in [0.2, 0.25) is 5.89 Å². The number of pyridine rings is 1. The molecule has 0 saturated heterocycles. The molecule has 0 atom stereocenters. The molecule has 0 aromatic carbocycles. The fourth-order valence-corrected chi connectivity index (χ4v) is 1.35. The van der Waals surface area contributed by atoms with Gasteiger partial charge in [-0.3, -0.25) is 0 Å². The minimum absolute atomic E-state index is 0.173. The average Bonchev–Trinajstić information content (AvgIpc) is 2.76. The standard InChI is InChI=1S/C10H11N5O3/c1-7-13-10(18-14-7)4-5-11-8-2-3-9(12-6-8)15(16)17/h2-3,6,11H,4-5H2,1H3. The Labute approximate surface area is 102 Å². The number of nitrogens with zero attached hydrogens (tertiary/aromatic N) is 4. The lowest BCUT2D eigenvalue weighted by Gasteiger charge is -2.01. The average molecular weight is 249 g/mol. The Bertz CT molecular complexity index is 537. The van der Waals surface area contributed by atoms with Crippen LogP contribution in [0.5, 0.6) is 0 Å². The van der Waals surface area contributed by atoms with Crippen molar-refractivity contribution in [2.75, 3.05) is 11.9 Å². The Morgan fingerprint density at radius 2 is 2.33 bits per heavy atom. The van der Waals surface area contributed by atoms with Crippen LogP contribution in [0.15, 0.2) is 22.9 Å². The smallest absolute Gasteiger partial charge is 0.363 e. The molecule has 0 spiro atoms. The van der Waals surface area contributed by atoms with Crippen LogP contribution in [0.3, 0.4) is 0 Å². The second-order valence-electron chi connectivity index (χ2n) is 3.57. The monoisotopic (exact) mass is 249 g/mol. The van der Waals surface area contributed by atoms with Gasteiger partial charge in [0.1, 0.15) is 0 Å². The lowest BCUT2D eigenvalue weighted by molar-refractivity contribution is -0.389. The topological polar surface area (TPSA) is 107 Å². The summed E-state index contributed by atoms with van der Waals surface area (Å²) in [5.74, 6) is 0.977. The third kappa shape index (κ3) is 3.00. The van der Waals surface area contributed by atoms with Gasteiger partial charge in [0, 0.05) is 19.0 Å². The van der Waals surface area contributed by atoms with E-state index in [0.29, 0.717) is 30.4 Å². The van der Waals surface area contributed by atoms with E-state index in [2.05, 4.69) is 20.4 Å². The Morgan fingerprint density at radius 1 is 1.50 bits per heavy atom. The quantitative estimate of drug-likeness (QED) is 0.629. The van der Waals surface area contributed by atoms with Crippen molar-refractivity contribution >= 4 is 11.5 Å². The predicted molar refractivity (Wildman–Crippen MR) is 62.1 cm³/mol. The molecule has 2 aromatic rings. The normalized spacial score (nSPS) is 10.3. The Morgan fingerprint density at radius 3 is 2.89 bits per heavy atom. The minimum atomic E-state index is -0.537. The van der Waals surface area contributed by atoms with E-state index in [9.17, 15) is 10.1 Å². The SMILES string of the molecule is Cc1noc(CCNc2ccc([N+](=O)[O-])nc2)n1. The predicted octanol–water partition coefficient (Wildman–Crippen LogP) is 1.34. The maximum absolute atomic E-state index is 10.4. The maximum Gasteiger partial charge on any atom is 0.363 e. The van der Waals surface area contributed by atoms with E-state index in [4.69, 9.17) is 4.52 Å². The van der Waals surface area contributed by atoms with Gasteiger partial charge >= 0.3 is 5.82 Å². The van der Waals surface area contributed by atoms with Gasteiger partial charge in [-0.25, -0.2) is 0 Å². The lowest BCUT2D eigenvalue weighted by atomic mass is 10.3. The van der Waals surface area contributed by atoms with Gasteiger partial charge in [-0.15, -0.1) is 0 Å². The fraction of sp³-hybridized carbons (Fsp3) is 0.300. The van der Waals surface area contributed by atoms with Crippen LogP contribution in [-0.2, 0) is 6.42 Å². The number of nitrogens with one attached hydrogen (secondary N) is 1. The van der Waals surface area contributed by atoms with Crippen molar-refractivity contribution in [1.82, 2.24) is 15.1 Å². The highest BCUT2D eigenvalue weighted by molar-refractivity contribution is 5.43.